The highest BCUT2D eigenvalue weighted by atomic mass is 16.5. The highest BCUT2D eigenvalue weighted by Gasteiger charge is 2.25. The molecular weight excluding hydrogens is 150 g/mol. The first-order valence-corrected chi connectivity index (χ1v) is 4.53. The van der Waals surface area contributed by atoms with E-state index in [9.17, 15) is 0 Å². The minimum absolute atomic E-state index is 0.156. The van der Waals surface area contributed by atoms with Crippen molar-refractivity contribution in [3.05, 3.63) is 12.2 Å². The van der Waals surface area contributed by atoms with Crippen molar-refractivity contribution >= 4 is 0 Å². The van der Waals surface area contributed by atoms with Crippen molar-refractivity contribution in [1.82, 2.24) is 5.32 Å². The Morgan fingerprint density at radius 3 is 2.58 bits per heavy atom. The van der Waals surface area contributed by atoms with E-state index in [0.717, 1.165) is 19.7 Å². The SMILES string of the molecule is C=C(C1CNCCO1)C(C)(C)C. The lowest BCUT2D eigenvalue weighted by Gasteiger charge is -2.32. The first-order chi connectivity index (χ1) is 5.52. The van der Waals surface area contributed by atoms with Gasteiger partial charge in [0.25, 0.3) is 0 Å². The number of rotatable bonds is 1. The normalized spacial score (nSPS) is 25.4. The molecule has 0 spiro atoms. The maximum absolute atomic E-state index is 5.60. The van der Waals surface area contributed by atoms with Gasteiger partial charge in [-0.1, -0.05) is 27.4 Å². The van der Waals surface area contributed by atoms with Crippen molar-refractivity contribution in [3.63, 3.8) is 0 Å². The Balaban J connectivity index is 2.51. The first kappa shape index (κ1) is 9.75. The molecule has 1 saturated heterocycles. The van der Waals surface area contributed by atoms with E-state index in [2.05, 4.69) is 32.7 Å². The number of hydrogen-bond acceptors (Lipinski definition) is 2. The molecule has 1 rings (SSSR count). The first-order valence-electron chi connectivity index (χ1n) is 4.53. The van der Waals surface area contributed by atoms with E-state index in [1.54, 1.807) is 0 Å². The van der Waals surface area contributed by atoms with E-state index in [1.165, 1.54) is 5.57 Å². The molecule has 1 aliphatic heterocycles. The van der Waals surface area contributed by atoms with Crippen LogP contribution in [0.25, 0.3) is 0 Å². The van der Waals surface area contributed by atoms with Gasteiger partial charge in [-0.15, -0.1) is 0 Å². The van der Waals surface area contributed by atoms with E-state index in [4.69, 9.17) is 4.74 Å². The molecule has 1 N–H and O–H groups in total. The van der Waals surface area contributed by atoms with Crippen LogP contribution < -0.4 is 5.32 Å². The summed E-state index contributed by atoms with van der Waals surface area (Å²) in [5, 5.41) is 3.30. The van der Waals surface area contributed by atoms with Gasteiger partial charge in [-0.25, -0.2) is 0 Å². The Morgan fingerprint density at radius 1 is 1.50 bits per heavy atom. The fraction of sp³-hybridized carbons (Fsp3) is 0.800. The zero-order valence-electron chi connectivity index (χ0n) is 8.31. The molecule has 0 bridgehead atoms. The van der Waals surface area contributed by atoms with Gasteiger partial charge in [-0.2, -0.15) is 0 Å². The molecule has 2 nitrogen and oxygen atoms in total. The summed E-state index contributed by atoms with van der Waals surface area (Å²) in [6.45, 7) is 13.3. The van der Waals surface area contributed by atoms with Crippen LogP contribution >= 0.6 is 0 Å². The van der Waals surface area contributed by atoms with Crippen LogP contribution in [0.1, 0.15) is 20.8 Å². The molecule has 0 saturated carbocycles. The second-order valence-electron chi connectivity index (χ2n) is 4.34. The Hall–Kier alpha value is -0.340. The molecule has 1 heterocycles. The molecule has 1 fully saturated rings. The Kier molecular flexibility index (Phi) is 2.91. The minimum atomic E-state index is 0.156. The summed E-state index contributed by atoms with van der Waals surface area (Å²) < 4.78 is 5.60. The molecular formula is C10H19NO. The molecule has 12 heavy (non-hydrogen) atoms. The monoisotopic (exact) mass is 169 g/mol. The second kappa shape index (κ2) is 3.58. The van der Waals surface area contributed by atoms with E-state index >= 15 is 0 Å². The topological polar surface area (TPSA) is 21.3 Å². The number of hydrogen-bond donors (Lipinski definition) is 1. The molecule has 0 aliphatic carbocycles. The lowest BCUT2D eigenvalue weighted by atomic mass is 9.84. The van der Waals surface area contributed by atoms with Gasteiger partial charge in [0.2, 0.25) is 0 Å². The van der Waals surface area contributed by atoms with Gasteiger partial charge in [-0.05, 0) is 11.0 Å². The van der Waals surface area contributed by atoms with Crippen molar-refractivity contribution in [2.45, 2.75) is 26.9 Å². The van der Waals surface area contributed by atoms with E-state index in [1.807, 2.05) is 0 Å². The van der Waals surface area contributed by atoms with Gasteiger partial charge >= 0.3 is 0 Å². The third-order valence-electron chi connectivity index (χ3n) is 2.28. The average Bonchev–Trinajstić information content (AvgIpc) is 2.03. The minimum Gasteiger partial charge on any atom is -0.371 e. The Morgan fingerprint density at radius 2 is 2.17 bits per heavy atom. The number of nitrogens with one attached hydrogen (secondary N) is 1. The van der Waals surface area contributed by atoms with Crippen LogP contribution in [0.4, 0.5) is 0 Å². The van der Waals surface area contributed by atoms with Crippen molar-refractivity contribution in [2.24, 2.45) is 5.41 Å². The standard InChI is InChI=1S/C10H19NO/c1-8(10(2,3)4)9-7-11-5-6-12-9/h9,11H,1,5-7H2,2-4H3. The van der Waals surface area contributed by atoms with Crippen molar-refractivity contribution in [3.8, 4) is 0 Å². The summed E-state index contributed by atoms with van der Waals surface area (Å²) in [5.74, 6) is 0. The van der Waals surface area contributed by atoms with Crippen LogP contribution in [0.15, 0.2) is 12.2 Å². The average molecular weight is 169 g/mol. The molecule has 0 aromatic heterocycles. The van der Waals surface area contributed by atoms with Gasteiger partial charge in [0.15, 0.2) is 0 Å². The summed E-state index contributed by atoms with van der Waals surface area (Å²) in [5.41, 5.74) is 1.35. The second-order valence-corrected chi connectivity index (χ2v) is 4.34. The maximum Gasteiger partial charge on any atom is 0.0912 e. The zero-order valence-corrected chi connectivity index (χ0v) is 8.31. The van der Waals surface area contributed by atoms with Crippen molar-refractivity contribution in [1.29, 1.82) is 0 Å². The van der Waals surface area contributed by atoms with Gasteiger partial charge in [0, 0.05) is 13.1 Å². The maximum atomic E-state index is 5.60. The number of ether oxygens (including phenoxy) is 1. The molecule has 1 aliphatic rings. The van der Waals surface area contributed by atoms with Crippen molar-refractivity contribution < 1.29 is 4.74 Å². The molecule has 0 radical (unpaired) electrons. The molecule has 2 heteroatoms. The van der Waals surface area contributed by atoms with Crippen LogP contribution in [0.3, 0.4) is 0 Å². The molecule has 0 amide bonds. The van der Waals surface area contributed by atoms with Crippen molar-refractivity contribution in [2.75, 3.05) is 19.7 Å². The molecule has 1 unspecified atom stereocenters. The van der Waals surface area contributed by atoms with Gasteiger partial charge in [0.05, 0.1) is 12.7 Å². The third-order valence-corrected chi connectivity index (χ3v) is 2.28. The summed E-state index contributed by atoms with van der Waals surface area (Å²) in [6, 6.07) is 0. The summed E-state index contributed by atoms with van der Waals surface area (Å²) in [4.78, 5) is 0. The molecule has 70 valence electrons. The summed E-state index contributed by atoms with van der Waals surface area (Å²) in [6.07, 6.45) is 0.207. The fourth-order valence-electron chi connectivity index (χ4n) is 1.27. The molecule has 1 atom stereocenters. The quantitative estimate of drug-likeness (QED) is 0.602. The van der Waals surface area contributed by atoms with Crippen LogP contribution in [0, 0.1) is 5.41 Å². The van der Waals surface area contributed by atoms with Crippen LogP contribution in [0.2, 0.25) is 0 Å². The summed E-state index contributed by atoms with van der Waals surface area (Å²) >= 11 is 0. The van der Waals surface area contributed by atoms with E-state index < -0.39 is 0 Å². The zero-order chi connectivity index (χ0) is 9.19. The predicted molar refractivity (Wildman–Crippen MR) is 51.2 cm³/mol. The van der Waals surface area contributed by atoms with Crippen LogP contribution in [-0.4, -0.2) is 25.8 Å². The fourth-order valence-corrected chi connectivity index (χ4v) is 1.27. The predicted octanol–water partition coefficient (Wildman–Crippen LogP) is 1.58. The smallest absolute Gasteiger partial charge is 0.0912 e. The lowest BCUT2D eigenvalue weighted by Crippen LogP contribution is -2.41. The number of morpholine rings is 1. The largest absolute Gasteiger partial charge is 0.371 e. The lowest BCUT2D eigenvalue weighted by molar-refractivity contribution is 0.0415. The molecule has 0 aromatic carbocycles. The third kappa shape index (κ3) is 2.32. The van der Waals surface area contributed by atoms with E-state index in [0.29, 0.717) is 0 Å². The molecule has 0 aromatic rings. The Bertz CT molecular complexity index is 163. The summed E-state index contributed by atoms with van der Waals surface area (Å²) in [7, 11) is 0. The van der Waals surface area contributed by atoms with Gasteiger partial charge in [0.1, 0.15) is 0 Å². The van der Waals surface area contributed by atoms with E-state index in [-0.39, 0.29) is 11.5 Å². The Labute approximate surface area is 75.0 Å². The van der Waals surface area contributed by atoms with Gasteiger partial charge in [-0.3, -0.25) is 0 Å². The highest BCUT2D eigenvalue weighted by molar-refractivity contribution is 5.12. The highest BCUT2D eigenvalue weighted by Crippen LogP contribution is 2.27. The van der Waals surface area contributed by atoms with Crippen LogP contribution in [0.5, 0.6) is 0 Å². The van der Waals surface area contributed by atoms with Crippen LogP contribution in [-0.2, 0) is 4.74 Å². The van der Waals surface area contributed by atoms with Gasteiger partial charge < -0.3 is 10.1 Å².